The van der Waals surface area contributed by atoms with Crippen LogP contribution >= 0.6 is 0 Å². The second kappa shape index (κ2) is 6.65. The van der Waals surface area contributed by atoms with Gasteiger partial charge in [-0.3, -0.25) is 10.1 Å². The fourth-order valence-corrected chi connectivity index (χ4v) is 2.04. The van der Waals surface area contributed by atoms with Gasteiger partial charge in [-0.25, -0.2) is 5.43 Å². The molecular weight excluding hydrogens is 310 g/mol. The maximum absolute atomic E-state index is 10.8. The van der Waals surface area contributed by atoms with Gasteiger partial charge in [-0.05, 0) is 35.0 Å². The Morgan fingerprint density at radius 1 is 1.25 bits per heavy atom. The first kappa shape index (κ1) is 15.3. The fraction of sp³-hybridized carbons (Fsp3) is 0.0667. The van der Waals surface area contributed by atoms with Crippen LogP contribution in [0.1, 0.15) is 11.1 Å². The first-order valence-corrected chi connectivity index (χ1v) is 7.03. The predicted molar refractivity (Wildman–Crippen MR) is 88.2 cm³/mol. The monoisotopic (exact) mass is 323 g/mol. The van der Waals surface area contributed by atoms with E-state index in [-0.39, 0.29) is 5.69 Å². The number of benzene rings is 2. The molecule has 1 aromatic heterocycles. The van der Waals surface area contributed by atoms with E-state index in [1.807, 2.05) is 37.3 Å². The number of nitro benzene ring substituents is 1. The van der Waals surface area contributed by atoms with Crippen molar-refractivity contribution in [2.75, 3.05) is 5.43 Å². The molecule has 1 N–H and O–H groups in total. The third-order valence-electron chi connectivity index (χ3n) is 3.31. The van der Waals surface area contributed by atoms with Gasteiger partial charge in [0.1, 0.15) is 0 Å². The lowest BCUT2D eigenvalue weighted by atomic mass is 10.1. The van der Waals surface area contributed by atoms with E-state index < -0.39 is 4.92 Å². The van der Waals surface area contributed by atoms with E-state index in [4.69, 9.17) is 0 Å². The number of aryl methyl sites for hydroxylation is 1. The SMILES string of the molecule is Cc1ccc([N+](=O)[O-])cc1/C=N\Nc1nnnn1-c1ccccc1. The molecule has 0 unspecified atom stereocenters. The third-order valence-corrected chi connectivity index (χ3v) is 3.31. The van der Waals surface area contributed by atoms with Gasteiger partial charge in [0.25, 0.3) is 11.6 Å². The van der Waals surface area contributed by atoms with Crippen molar-refractivity contribution in [3.8, 4) is 5.69 Å². The molecular formula is C15H13N7O2. The highest BCUT2D eigenvalue weighted by atomic mass is 16.6. The van der Waals surface area contributed by atoms with Crippen LogP contribution in [-0.4, -0.2) is 31.3 Å². The van der Waals surface area contributed by atoms with Crippen molar-refractivity contribution >= 4 is 17.9 Å². The number of para-hydroxylation sites is 1. The Bertz CT molecular complexity index is 890. The number of hydrogen-bond donors (Lipinski definition) is 1. The highest BCUT2D eigenvalue weighted by Crippen LogP contribution is 2.16. The predicted octanol–water partition coefficient (Wildman–Crippen LogP) is 2.32. The van der Waals surface area contributed by atoms with Crippen molar-refractivity contribution in [1.82, 2.24) is 20.2 Å². The number of anilines is 1. The zero-order valence-corrected chi connectivity index (χ0v) is 12.7. The number of aromatic nitrogens is 4. The Hall–Kier alpha value is -3.62. The van der Waals surface area contributed by atoms with Crippen LogP contribution in [0.4, 0.5) is 11.6 Å². The average molecular weight is 323 g/mol. The van der Waals surface area contributed by atoms with E-state index in [1.54, 1.807) is 6.07 Å². The Labute approximate surface area is 136 Å². The second-order valence-electron chi connectivity index (χ2n) is 4.92. The summed E-state index contributed by atoms with van der Waals surface area (Å²) < 4.78 is 1.50. The van der Waals surface area contributed by atoms with E-state index in [2.05, 4.69) is 26.1 Å². The smallest absolute Gasteiger partial charge is 0.258 e. The number of hydrogen-bond acceptors (Lipinski definition) is 7. The van der Waals surface area contributed by atoms with Crippen molar-refractivity contribution in [3.05, 3.63) is 69.8 Å². The lowest BCUT2D eigenvalue weighted by Crippen LogP contribution is -2.03. The number of rotatable bonds is 5. The average Bonchev–Trinajstić information content (AvgIpc) is 3.05. The Morgan fingerprint density at radius 2 is 2.04 bits per heavy atom. The van der Waals surface area contributed by atoms with Crippen LogP contribution in [0.25, 0.3) is 5.69 Å². The molecule has 0 atom stereocenters. The van der Waals surface area contributed by atoms with Crippen molar-refractivity contribution in [2.45, 2.75) is 6.92 Å². The molecule has 2 aromatic carbocycles. The minimum absolute atomic E-state index is 0.0103. The van der Waals surface area contributed by atoms with Crippen LogP contribution in [0.3, 0.4) is 0 Å². The van der Waals surface area contributed by atoms with Gasteiger partial charge in [0, 0.05) is 17.7 Å². The second-order valence-corrected chi connectivity index (χ2v) is 4.92. The highest BCUT2D eigenvalue weighted by molar-refractivity contribution is 5.83. The zero-order chi connectivity index (χ0) is 16.9. The van der Waals surface area contributed by atoms with Gasteiger partial charge in [-0.15, -0.1) is 0 Å². The molecule has 0 fully saturated rings. The van der Waals surface area contributed by atoms with Crippen LogP contribution in [0.15, 0.2) is 53.6 Å². The lowest BCUT2D eigenvalue weighted by Gasteiger charge is -2.03. The number of nitrogens with one attached hydrogen (secondary N) is 1. The number of nitro groups is 1. The molecule has 3 aromatic rings. The van der Waals surface area contributed by atoms with E-state index in [0.29, 0.717) is 11.5 Å². The summed E-state index contributed by atoms with van der Waals surface area (Å²) in [5.41, 5.74) is 5.04. The lowest BCUT2D eigenvalue weighted by molar-refractivity contribution is -0.384. The number of tetrazole rings is 1. The molecule has 0 bridgehead atoms. The number of non-ortho nitro benzene ring substituents is 1. The van der Waals surface area contributed by atoms with Crippen molar-refractivity contribution in [1.29, 1.82) is 0 Å². The molecule has 0 radical (unpaired) electrons. The Kier molecular flexibility index (Phi) is 4.23. The molecule has 0 saturated heterocycles. The topological polar surface area (TPSA) is 111 Å². The first-order chi connectivity index (χ1) is 11.6. The normalized spacial score (nSPS) is 10.9. The largest absolute Gasteiger partial charge is 0.270 e. The van der Waals surface area contributed by atoms with Crippen molar-refractivity contribution < 1.29 is 4.92 Å². The maximum Gasteiger partial charge on any atom is 0.270 e. The molecule has 0 spiro atoms. The number of hydrazone groups is 1. The molecule has 24 heavy (non-hydrogen) atoms. The summed E-state index contributed by atoms with van der Waals surface area (Å²) in [4.78, 5) is 10.4. The summed E-state index contributed by atoms with van der Waals surface area (Å²) in [5, 5.41) is 26.3. The van der Waals surface area contributed by atoms with Crippen LogP contribution in [0, 0.1) is 17.0 Å². The molecule has 0 aliphatic rings. The van der Waals surface area contributed by atoms with Crippen molar-refractivity contribution in [3.63, 3.8) is 0 Å². The van der Waals surface area contributed by atoms with Crippen LogP contribution in [0.5, 0.6) is 0 Å². The van der Waals surface area contributed by atoms with Gasteiger partial charge < -0.3 is 0 Å². The van der Waals surface area contributed by atoms with E-state index >= 15 is 0 Å². The summed E-state index contributed by atoms with van der Waals surface area (Å²) in [6, 6.07) is 13.9. The molecule has 0 saturated carbocycles. The summed E-state index contributed by atoms with van der Waals surface area (Å²) >= 11 is 0. The van der Waals surface area contributed by atoms with Gasteiger partial charge in [-0.2, -0.15) is 9.78 Å². The van der Waals surface area contributed by atoms with Gasteiger partial charge >= 0.3 is 0 Å². The standard InChI is InChI=1S/C15H13N7O2/c1-11-7-8-14(22(23)24)9-12(11)10-16-17-15-18-19-20-21(15)13-5-3-2-4-6-13/h2-10H,1H3,(H,17,18,20)/b16-10-. The molecule has 9 heteroatoms. The van der Waals surface area contributed by atoms with Gasteiger partial charge in [0.2, 0.25) is 0 Å². The molecule has 0 aliphatic heterocycles. The Balaban J connectivity index is 1.80. The van der Waals surface area contributed by atoms with E-state index in [0.717, 1.165) is 11.3 Å². The summed E-state index contributed by atoms with van der Waals surface area (Å²) in [6.45, 7) is 1.85. The van der Waals surface area contributed by atoms with Gasteiger partial charge in [0.15, 0.2) is 0 Å². The van der Waals surface area contributed by atoms with Crippen molar-refractivity contribution in [2.24, 2.45) is 5.10 Å². The van der Waals surface area contributed by atoms with E-state index in [9.17, 15) is 10.1 Å². The Morgan fingerprint density at radius 3 is 2.79 bits per heavy atom. The molecule has 0 aliphatic carbocycles. The molecule has 3 rings (SSSR count). The molecule has 1 heterocycles. The fourth-order valence-electron chi connectivity index (χ4n) is 2.04. The maximum atomic E-state index is 10.8. The minimum Gasteiger partial charge on any atom is -0.258 e. The van der Waals surface area contributed by atoms with Gasteiger partial charge in [0.05, 0.1) is 16.8 Å². The van der Waals surface area contributed by atoms with Crippen LogP contribution in [-0.2, 0) is 0 Å². The minimum atomic E-state index is -0.444. The number of nitrogens with zero attached hydrogens (tertiary/aromatic N) is 6. The molecule has 0 amide bonds. The van der Waals surface area contributed by atoms with Crippen LogP contribution in [0.2, 0.25) is 0 Å². The molecule has 120 valence electrons. The molecule has 9 nitrogen and oxygen atoms in total. The third kappa shape index (κ3) is 3.24. The highest BCUT2D eigenvalue weighted by Gasteiger charge is 2.08. The van der Waals surface area contributed by atoms with Gasteiger partial charge in [-0.1, -0.05) is 29.4 Å². The quantitative estimate of drug-likeness (QED) is 0.438. The zero-order valence-electron chi connectivity index (χ0n) is 12.7. The van der Waals surface area contributed by atoms with Crippen LogP contribution < -0.4 is 5.43 Å². The first-order valence-electron chi connectivity index (χ1n) is 7.03. The summed E-state index contributed by atoms with van der Waals surface area (Å²) in [6.07, 6.45) is 1.49. The summed E-state index contributed by atoms with van der Waals surface area (Å²) in [5.74, 6) is 0.334. The summed E-state index contributed by atoms with van der Waals surface area (Å²) in [7, 11) is 0. The van der Waals surface area contributed by atoms with E-state index in [1.165, 1.54) is 23.0 Å².